The fourth-order valence-corrected chi connectivity index (χ4v) is 3.39. The van der Waals surface area contributed by atoms with Crippen molar-refractivity contribution in [3.8, 4) is 11.5 Å². The number of carbonyl (C=O) groups excluding carboxylic acids is 1. The van der Waals surface area contributed by atoms with Crippen molar-refractivity contribution in [2.45, 2.75) is 56.9 Å². The van der Waals surface area contributed by atoms with Gasteiger partial charge >= 0.3 is 0 Å². The van der Waals surface area contributed by atoms with Gasteiger partial charge in [-0.05, 0) is 38.2 Å². The van der Waals surface area contributed by atoms with Crippen LogP contribution in [-0.4, -0.2) is 42.9 Å². The number of nitrogens with one attached hydrogen (secondary N) is 2. The molecule has 24 heavy (non-hydrogen) atoms. The molecule has 3 N–H and O–H groups in total. The highest BCUT2D eigenvalue weighted by molar-refractivity contribution is 5.82. The number of methoxy groups -OCH3 is 1. The number of benzene rings is 1. The van der Waals surface area contributed by atoms with Crippen LogP contribution in [0.2, 0.25) is 0 Å². The average molecular weight is 334 g/mol. The van der Waals surface area contributed by atoms with Crippen LogP contribution in [-0.2, 0) is 11.3 Å². The molecule has 2 fully saturated rings. The number of para-hydroxylation sites is 1. The molecule has 0 spiro atoms. The summed E-state index contributed by atoms with van der Waals surface area (Å²) >= 11 is 0. The molecule has 1 saturated carbocycles. The first kappa shape index (κ1) is 17.0. The monoisotopic (exact) mass is 334 g/mol. The zero-order valence-electron chi connectivity index (χ0n) is 14.1. The van der Waals surface area contributed by atoms with E-state index in [1.54, 1.807) is 7.11 Å². The summed E-state index contributed by atoms with van der Waals surface area (Å²) in [5.74, 6) is 1.33. The third-order valence-electron chi connectivity index (χ3n) is 4.74. The Labute approximate surface area is 142 Å². The lowest BCUT2D eigenvalue weighted by molar-refractivity contribution is -0.123. The largest absolute Gasteiger partial charge is 0.493 e. The molecule has 1 heterocycles. The maximum atomic E-state index is 12.2. The fourth-order valence-electron chi connectivity index (χ4n) is 3.39. The number of β-amino-alcohol motifs (C(OH)–C–C–N with tert-alkyl or cyclic N) is 1. The number of rotatable bonds is 6. The van der Waals surface area contributed by atoms with Gasteiger partial charge in [0, 0.05) is 18.7 Å². The summed E-state index contributed by atoms with van der Waals surface area (Å²) in [6.07, 6.45) is 4.75. The third-order valence-corrected chi connectivity index (χ3v) is 4.74. The second kappa shape index (κ2) is 7.85. The smallest absolute Gasteiger partial charge is 0.237 e. The van der Waals surface area contributed by atoms with Gasteiger partial charge in [0.2, 0.25) is 5.91 Å². The number of hydrogen-bond acceptors (Lipinski definition) is 5. The lowest BCUT2D eigenvalue weighted by atomic mass is 10.1. The predicted molar refractivity (Wildman–Crippen MR) is 90.1 cm³/mol. The Balaban J connectivity index is 1.66. The first-order valence-electron chi connectivity index (χ1n) is 8.69. The van der Waals surface area contributed by atoms with Gasteiger partial charge in [0.05, 0.1) is 25.4 Å². The second-order valence-corrected chi connectivity index (χ2v) is 6.54. The molecule has 0 unspecified atom stereocenters. The number of carbonyl (C=O) groups is 1. The zero-order valence-corrected chi connectivity index (χ0v) is 14.1. The quantitative estimate of drug-likeness (QED) is 0.732. The van der Waals surface area contributed by atoms with Crippen LogP contribution < -0.4 is 20.1 Å². The highest BCUT2D eigenvalue weighted by Gasteiger charge is 2.28. The van der Waals surface area contributed by atoms with Gasteiger partial charge in [-0.15, -0.1) is 0 Å². The summed E-state index contributed by atoms with van der Waals surface area (Å²) < 4.78 is 11.6. The van der Waals surface area contributed by atoms with Gasteiger partial charge in [0.25, 0.3) is 0 Å². The summed E-state index contributed by atoms with van der Waals surface area (Å²) in [6.45, 7) is 0.847. The number of aliphatic hydroxyl groups is 1. The van der Waals surface area contributed by atoms with E-state index in [2.05, 4.69) is 10.6 Å². The normalized spacial score (nSPS) is 24.1. The molecule has 1 amide bonds. The Hall–Kier alpha value is -1.79. The molecule has 0 aromatic heterocycles. The predicted octanol–water partition coefficient (Wildman–Crippen LogP) is 1.36. The minimum absolute atomic E-state index is 0.0961. The van der Waals surface area contributed by atoms with Crippen molar-refractivity contribution in [2.75, 3.05) is 13.7 Å². The van der Waals surface area contributed by atoms with Crippen LogP contribution in [0.15, 0.2) is 18.2 Å². The number of ether oxygens (including phenoxy) is 2. The number of hydrogen-bond donors (Lipinski definition) is 3. The van der Waals surface area contributed by atoms with E-state index in [0.29, 0.717) is 25.3 Å². The van der Waals surface area contributed by atoms with E-state index >= 15 is 0 Å². The average Bonchev–Trinajstić information content (AvgIpc) is 3.25. The van der Waals surface area contributed by atoms with Crippen molar-refractivity contribution in [2.24, 2.45) is 0 Å². The summed E-state index contributed by atoms with van der Waals surface area (Å²) in [5, 5.41) is 15.5. The van der Waals surface area contributed by atoms with Gasteiger partial charge in [-0.1, -0.05) is 12.1 Å². The van der Waals surface area contributed by atoms with Gasteiger partial charge < -0.3 is 25.2 Å². The maximum Gasteiger partial charge on any atom is 0.237 e. The Morgan fingerprint density at radius 1 is 1.38 bits per heavy atom. The van der Waals surface area contributed by atoms with E-state index < -0.39 is 6.10 Å². The molecule has 1 aromatic rings. The topological polar surface area (TPSA) is 79.8 Å². The Morgan fingerprint density at radius 2 is 2.17 bits per heavy atom. The molecule has 1 aliphatic carbocycles. The van der Waals surface area contributed by atoms with Gasteiger partial charge in [-0.2, -0.15) is 0 Å². The molecule has 0 bridgehead atoms. The van der Waals surface area contributed by atoms with Crippen molar-refractivity contribution in [1.29, 1.82) is 0 Å². The SMILES string of the molecule is COc1cccc(CNC(=O)[C@@H]2C[C@@H](O)CN2)c1OC1CCCC1. The molecule has 1 aromatic carbocycles. The fraction of sp³-hybridized carbons (Fsp3) is 0.611. The minimum Gasteiger partial charge on any atom is -0.493 e. The van der Waals surface area contributed by atoms with Crippen LogP contribution in [0.3, 0.4) is 0 Å². The van der Waals surface area contributed by atoms with Crippen LogP contribution in [0, 0.1) is 0 Å². The lowest BCUT2D eigenvalue weighted by Gasteiger charge is -2.20. The first-order chi connectivity index (χ1) is 11.7. The van der Waals surface area contributed by atoms with Crippen LogP contribution in [0.4, 0.5) is 0 Å². The molecule has 2 aliphatic rings. The second-order valence-electron chi connectivity index (χ2n) is 6.54. The standard InChI is InChI=1S/C18H26N2O4/c1-23-16-8-4-5-12(17(16)24-14-6-2-3-7-14)10-20-18(22)15-9-13(21)11-19-15/h4-5,8,13-15,19,21H,2-3,6-7,9-11H2,1H3,(H,20,22)/t13-,15+/m1/s1. The summed E-state index contributed by atoms with van der Waals surface area (Å²) in [7, 11) is 1.63. The third kappa shape index (κ3) is 3.99. The molecule has 2 atom stereocenters. The molecule has 1 aliphatic heterocycles. The Kier molecular flexibility index (Phi) is 5.58. The molecule has 3 rings (SSSR count). The molecule has 6 nitrogen and oxygen atoms in total. The lowest BCUT2D eigenvalue weighted by Crippen LogP contribution is -2.40. The van der Waals surface area contributed by atoms with Crippen LogP contribution in [0.5, 0.6) is 11.5 Å². The highest BCUT2D eigenvalue weighted by atomic mass is 16.5. The Bertz CT molecular complexity index is 572. The number of aliphatic hydroxyl groups excluding tert-OH is 1. The molecular weight excluding hydrogens is 308 g/mol. The summed E-state index contributed by atoms with van der Waals surface area (Å²) in [4.78, 5) is 12.2. The summed E-state index contributed by atoms with van der Waals surface area (Å²) in [5.41, 5.74) is 0.910. The van der Waals surface area contributed by atoms with Gasteiger partial charge in [0.15, 0.2) is 11.5 Å². The highest BCUT2D eigenvalue weighted by Crippen LogP contribution is 2.34. The van der Waals surface area contributed by atoms with Crippen LogP contribution in [0.1, 0.15) is 37.7 Å². The van der Waals surface area contributed by atoms with Gasteiger partial charge in [-0.3, -0.25) is 4.79 Å². The van der Waals surface area contributed by atoms with Crippen LogP contribution in [0.25, 0.3) is 0 Å². The van der Waals surface area contributed by atoms with Crippen molar-refractivity contribution >= 4 is 5.91 Å². The van der Waals surface area contributed by atoms with E-state index in [4.69, 9.17) is 9.47 Å². The van der Waals surface area contributed by atoms with E-state index in [0.717, 1.165) is 24.2 Å². The molecule has 0 radical (unpaired) electrons. The zero-order chi connectivity index (χ0) is 16.9. The van der Waals surface area contributed by atoms with Crippen LogP contribution >= 0.6 is 0 Å². The summed E-state index contributed by atoms with van der Waals surface area (Å²) in [6, 6.07) is 5.40. The van der Waals surface area contributed by atoms with E-state index in [9.17, 15) is 9.90 Å². The molecule has 6 heteroatoms. The van der Waals surface area contributed by atoms with Crippen molar-refractivity contribution < 1.29 is 19.4 Å². The first-order valence-corrected chi connectivity index (χ1v) is 8.69. The van der Waals surface area contributed by atoms with E-state index in [1.165, 1.54) is 12.8 Å². The van der Waals surface area contributed by atoms with Gasteiger partial charge in [-0.25, -0.2) is 0 Å². The minimum atomic E-state index is -0.446. The number of amides is 1. The molecule has 1 saturated heterocycles. The van der Waals surface area contributed by atoms with Crippen molar-refractivity contribution in [1.82, 2.24) is 10.6 Å². The molecule has 132 valence electrons. The Morgan fingerprint density at radius 3 is 2.83 bits per heavy atom. The van der Waals surface area contributed by atoms with Crippen molar-refractivity contribution in [3.63, 3.8) is 0 Å². The van der Waals surface area contributed by atoms with Gasteiger partial charge in [0.1, 0.15) is 0 Å². The van der Waals surface area contributed by atoms with E-state index in [-0.39, 0.29) is 18.1 Å². The maximum absolute atomic E-state index is 12.2. The van der Waals surface area contributed by atoms with Crippen molar-refractivity contribution in [3.05, 3.63) is 23.8 Å². The molecular formula is C18H26N2O4. The van der Waals surface area contributed by atoms with E-state index in [1.807, 2.05) is 18.2 Å².